The molecule has 0 radical (unpaired) electrons. The minimum atomic E-state index is 0. The number of likely N-dealkylation sites (tertiary alicyclic amines) is 1. The number of carbonyl (C=O) groups excluding carboxylic acids is 1. The van der Waals surface area contributed by atoms with Crippen molar-refractivity contribution in [1.29, 1.82) is 0 Å². The van der Waals surface area contributed by atoms with Gasteiger partial charge in [0.25, 0.3) is 0 Å². The first-order valence-electron chi connectivity index (χ1n) is 9.27. The minimum Gasteiger partial charge on any atom is -0.343 e. The van der Waals surface area contributed by atoms with Crippen molar-refractivity contribution < 1.29 is 4.79 Å². The Bertz CT molecular complexity index is 509. The minimum absolute atomic E-state index is 0. The lowest BCUT2D eigenvalue weighted by molar-refractivity contribution is -0.132. The summed E-state index contributed by atoms with van der Waals surface area (Å²) in [5.41, 5.74) is 1.34. The lowest BCUT2D eigenvalue weighted by Gasteiger charge is -2.32. The molecule has 7 heteroatoms. The van der Waals surface area contributed by atoms with E-state index in [4.69, 9.17) is 0 Å². The fraction of sp³-hybridized carbons (Fsp3) is 0.778. The second-order valence-corrected chi connectivity index (χ2v) is 7.02. The largest absolute Gasteiger partial charge is 0.343 e. The van der Waals surface area contributed by atoms with Gasteiger partial charge in [-0.2, -0.15) is 5.10 Å². The van der Waals surface area contributed by atoms with Crippen molar-refractivity contribution in [2.24, 2.45) is 5.92 Å². The van der Waals surface area contributed by atoms with Gasteiger partial charge in [0.05, 0.1) is 6.20 Å². The fourth-order valence-electron chi connectivity index (χ4n) is 3.88. The first kappa shape index (κ1) is 22.3. The molecule has 0 bridgehead atoms. The van der Waals surface area contributed by atoms with Crippen LogP contribution in [0.15, 0.2) is 12.4 Å². The van der Waals surface area contributed by atoms with Crippen LogP contribution >= 0.6 is 24.8 Å². The van der Waals surface area contributed by atoms with Gasteiger partial charge in [-0.15, -0.1) is 24.8 Å². The molecule has 1 aromatic rings. The number of piperidine rings is 2. The van der Waals surface area contributed by atoms with Gasteiger partial charge in [-0.05, 0) is 69.5 Å². The van der Waals surface area contributed by atoms with Gasteiger partial charge >= 0.3 is 0 Å². The smallest absolute Gasteiger partial charge is 0.222 e. The molecule has 0 unspecified atom stereocenters. The summed E-state index contributed by atoms with van der Waals surface area (Å²) in [5.74, 6) is 1.69. The highest BCUT2D eigenvalue weighted by Gasteiger charge is 2.25. The van der Waals surface area contributed by atoms with Gasteiger partial charge in [0.1, 0.15) is 0 Å². The van der Waals surface area contributed by atoms with Crippen LogP contribution in [-0.4, -0.2) is 46.8 Å². The van der Waals surface area contributed by atoms with E-state index in [1.165, 1.54) is 18.4 Å². The van der Waals surface area contributed by atoms with Gasteiger partial charge in [0.15, 0.2) is 0 Å². The number of hydrogen-bond acceptors (Lipinski definition) is 3. The van der Waals surface area contributed by atoms with Crippen molar-refractivity contribution in [3.63, 3.8) is 0 Å². The Kier molecular flexibility index (Phi) is 9.83. The van der Waals surface area contributed by atoms with Crippen molar-refractivity contribution in [1.82, 2.24) is 20.0 Å². The lowest BCUT2D eigenvalue weighted by Crippen LogP contribution is -2.38. The predicted molar refractivity (Wildman–Crippen MR) is 106 cm³/mol. The van der Waals surface area contributed by atoms with E-state index in [0.29, 0.717) is 11.8 Å². The fourth-order valence-corrected chi connectivity index (χ4v) is 3.88. The summed E-state index contributed by atoms with van der Waals surface area (Å²) in [7, 11) is 0. The van der Waals surface area contributed by atoms with E-state index in [2.05, 4.69) is 28.4 Å². The average molecular weight is 391 g/mol. The van der Waals surface area contributed by atoms with Crippen LogP contribution < -0.4 is 5.32 Å². The van der Waals surface area contributed by atoms with Gasteiger partial charge in [-0.1, -0.05) is 0 Å². The zero-order valence-electron chi connectivity index (χ0n) is 15.2. The molecular weight excluding hydrogens is 359 g/mol. The Labute approximate surface area is 163 Å². The number of aromatic nitrogens is 2. The van der Waals surface area contributed by atoms with E-state index >= 15 is 0 Å². The number of halogens is 2. The highest BCUT2D eigenvalue weighted by Crippen LogP contribution is 2.28. The molecule has 2 saturated heterocycles. The average Bonchev–Trinajstić information content (AvgIpc) is 3.10. The molecule has 0 saturated carbocycles. The Morgan fingerprint density at radius 3 is 2.48 bits per heavy atom. The molecule has 2 aliphatic heterocycles. The highest BCUT2D eigenvalue weighted by molar-refractivity contribution is 5.85. The molecule has 3 heterocycles. The lowest BCUT2D eigenvalue weighted by atomic mass is 9.90. The quantitative estimate of drug-likeness (QED) is 0.839. The van der Waals surface area contributed by atoms with E-state index in [0.717, 1.165) is 64.3 Å². The van der Waals surface area contributed by atoms with Crippen molar-refractivity contribution in [2.45, 2.75) is 57.9 Å². The Morgan fingerprint density at radius 2 is 1.88 bits per heavy atom. The van der Waals surface area contributed by atoms with E-state index in [9.17, 15) is 4.79 Å². The van der Waals surface area contributed by atoms with E-state index in [1.807, 2.05) is 10.9 Å². The zero-order chi connectivity index (χ0) is 16.1. The van der Waals surface area contributed by atoms with Gasteiger partial charge in [-0.25, -0.2) is 0 Å². The summed E-state index contributed by atoms with van der Waals surface area (Å²) in [6.45, 7) is 7.10. The summed E-state index contributed by atoms with van der Waals surface area (Å²) in [5, 5.41) is 7.77. The molecule has 0 aliphatic carbocycles. The first-order chi connectivity index (χ1) is 11.3. The molecule has 0 aromatic carbocycles. The SMILES string of the molecule is CCn1cc(C2CCN(C(=O)CCC3CCNCC3)CC2)cn1.Cl.Cl. The topological polar surface area (TPSA) is 50.2 Å². The van der Waals surface area contributed by atoms with Crippen molar-refractivity contribution in [2.75, 3.05) is 26.2 Å². The maximum atomic E-state index is 12.4. The summed E-state index contributed by atoms with van der Waals surface area (Å²) < 4.78 is 1.99. The molecule has 3 rings (SSSR count). The van der Waals surface area contributed by atoms with Crippen LogP contribution in [0.3, 0.4) is 0 Å². The van der Waals surface area contributed by atoms with Gasteiger partial charge in [-0.3, -0.25) is 9.48 Å². The van der Waals surface area contributed by atoms with Crippen LogP contribution in [0.1, 0.15) is 56.9 Å². The molecule has 2 fully saturated rings. The summed E-state index contributed by atoms with van der Waals surface area (Å²) in [6, 6.07) is 0. The molecule has 2 aliphatic rings. The Balaban J connectivity index is 0.00000156. The van der Waals surface area contributed by atoms with Crippen molar-refractivity contribution >= 4 is 30.7 Å². The zero-order valence-corrected chi connectivity index (χ0v) is 16.8. The van der Waals surface area contributed by atoms with Gasteiger partial charge in [0.2, 0.25) is 5.91 Å². The third kappa shape index (κ3) is 6.15. The third-order valence-electron chi connectivity index (χ3n) is 5.52. The van der Waals surface area contributed by atoms with Gasteiger partial charge in [0, 0.05) is 32.3 Å². The maximum absolute atomic E-state index is 12.4. The molecule has 144 valence electrons. The highest BCUT2D eigenvalue weighted by atomic mass is 35.5. The van der Waals surface area contributed by atoms with Crippen LogP contribution in [0.4, 0.5) is 0 Å². The van der Waals surface area contributed by atoms with E-state index < -0.39 is 0 Å². The summed E-state index contributed by atoms with van der Waals surface area (Å²) >= 11 is 0. The number of nitrogens with zero attached hydrogens (tertiary/aromatic N) is 3. The van der Waals surface area contributed by atoms with Crippen LogP contribution in [0.25, 0.3) is 0 Å². The number of nitrogens with one attached hydrogen (secondary N) is 1. The summed E-state index contributed by atoms with van der Waals surface area (Å²) in [6.07, 6.45) is 10.6. The maximum Gasteiger partial charge on any atom is 0.222 e. The standard InChI is InChI=1S/C18H30N4O.2ClH/c1-2-22-14-17(13-20-22)16-7-11-21(12-8-16)18(23)4-3-15-5-9-19-10-6-15;;/h13-16,19H,2-12H2,1H3;2*1H. The van der Waals surface area contributed by atoms with Crippen molar-refractivity contribution in [3.05, 3.63) is 18.0 Å². The molecule has 5 nitrogen and oxygen atoms in total. The molecule has 0 atom stereocenters. The summed E-state index contributed by atoms with van der Waals surface area (Å²) in [4.78, 5) is 14.5. The number of amides is 1. The predicted octanol–water partition coefficient (Wildman–Crippen LogP) is 3.23. The number of hydrogen-bond donors (Lipinski definition) is 1. The molecule has 1 N–H and O–H groups in total. The Morgan fingerprint density at radius 1 is 1.20 bits per heavy atom. The molecule has 25 heavy (non-hydrogen) atoms. The van der Waals surface area contributed by atoms with Crippen LogP contribution in [0.5, 0.6) is 0 Å². The van der Waals surface area contributed by atoms with Crippen LogP contribution in [0.2, 0.25) is 0 Å². The molecular formula is C18H32Cl2N4O. The second-order valence-electron chi connectivity index (χ2n) is 7.02. The molecule has 0 spiro atoms. The first-order valence-corrected chi connectivity index (χ1v) is 9.27. The van der Waals surface area contributed by atoms with E-state index in [1.54, 1.807) is 0 Å². The number of aryl methyl sites for hydroxylation is 1. The molecule has 1 amide bonds. The Hall–Kier alpha value is -0.780. The number of carbonyl (C=O) groups is 1. The van der Waals surface area contributed by atoms with Crippen molar-refractivity contribution in [3.8, 4) is 0 Å². The second kappa shape index (κ2) is 11.0. The van der Waals surface area contributed by atoms with Crippen LogP contribution in [0, 0.1) is 5.92 Å². The third-order valence-corrected chi connectivity index (χ3v) is 5.52. The normalized spacial score (nSPS) is 19.2. The van der Waals surface area contributed by atoms with Crippen LogP contribution in [-0.2, 0) is 11.3 Å². The number of rotatable bonds is 5. The van der Waals surface area contributed by atoms with E-state index in [-0.39, 0.29) is 24.8 Å². The molecule has 1 aromatic heterocycles. The van der Waals surface area contributed by atoms with Gasteiger partial charge < -0.3 is 10.2 Å². The monoisotopic (exact) mass is 390 g/mol.